The first-order chi connectivity index (χ1) is 7.17. The lowest BCUT2D eigenvalue weighted by Gasteiger charge is -2.14. The molecule has 0 spiro atoms. The van der Waals surface area contributed by atoms with E-state index in [1.807, 2.05) is 6.92 Å². The Morgan fingerprint density at radius 2 is 2.40 bits per heavy atom. The van der Waals surface area contributed by atoms with Crippen LogP contribution in [0.5, 0.6) is 0 Å². The van der Waals surface area contributed by atoms with Gasteiger partial charge in [0.1, 0.15) is 5.69 Å². The van der Waals surface area contributed by atoms with Crippen molar-refractivity contribution in [3.05, 3.63) is 22.4 Å². The van der Waals surface area contributed by atoms with E-state index in [0.717, 1.165) is 12.8 Å². The van der Waals surface area contributed by atoms with E-state index in [0.29, 0.717) is 6.54 Å². The number of aromatic amines is 2. The van der Waals surface area contributed by atoms with E-state index < -0.39 is 0 Å². The van der Waals surface area contributed by atoms with E-state index in [1.54, 1.807) is 0 Å². The molecule has 0 saturated heterocycles. The molecule has 0 bridgehead atoms. The summed E-state index contributed by atoms with van der Waals surface area (Å²) in [4.78, 5) is 27.1. The maximum atomic E-state index is 11.5. The molecule has 1 aromatic rings. The summed E-state index contributed by atoms with van der Waals surface area (Å²) in [6.45, 7) is 2.42. The third-order valence-electron chi connectivity index (χ3n) is 2.10. The van der Waals surface area contributed by atoms with Crippen molar-refractivity contribution in [3.8, 4) is 0 Å². The molecule has 0 aliphatic rings. The largest absolute Gasteiger partial charge is 0.347 e. The Morgan fingerprint density at radius 1 is 1.67 bits per heavy atom. The first-order valence-corrected chi connectivity index (χ1v) is 4.96. The molecule has 1 aromatic heterocycles. The van der Waals surface area contributed by atoms with Crippen molar-refractivity contribution in [2.24, 2.45) is 5.73 Å². The number of amides is 1. The molecule has 0 radical (unpaired) electrons. The van der Waals surface area contributed by atoms with Gasteiger partial charge >= 0.3 is 5.69 Å². The number of aromatic nitrogens is 2. The quantitative estimate of drug-likeness (QED) is 0.532. The maximum Gasteiger partial charge on any atom is 0.323 e. The van der Waals surface area contributed by atoms with Crippen LogP contribution in [0.25, 0.3) is 0 Å². The fraction of sp³-hybridized carbons (Fsp3) is 0.556. The Balaban J connectivity index is 2.58. The lowest BCUT2D eigenvalue weighted by molar-refractivity contribution is 0.0931. The third kappa shape index (κ3) is 3.25. The number of carbonyl (C=O) groups excluding carboxylic acids is 1. The van der Waals surface area contributed by atoms with Gasteiger partial charge in [-0.3, -0.25) is 4.79 Å². The highest BCUT2D eigenvalue weighted by Crippen LogP contribution is 1.96. The molecule has 1 heterocycles. The molecule has 0 aliphatic heterocycles. The Kier molecular flexibility index (Phi) is 4.11. The fourth-order valence-electron chi connectivity index (χ4n) is 1.32. The van der Waals surface area contributed by atoms with E-state index in [4.69, 9.17) is 5.73 Å². The fourth-order valence-corrected chi connectivity index (χ4v) is 1.32. The molecule has 0 saturated carbocycles. The van der Waals surface area contributed by atoms with E-state index in [-0.39, 0.29) is 23.3 Å². The summed E-state index contributed by atoms with van der Waals surface area (Å²) < 4.78 is 0. The molecule has 5 N–H and O–H groups in total. The van der Waals surface area contributed by atoms with Gasteiger partial charge in [-0.1, -0.05) is 13.3 Å². The average Bonchev–Trinajstić information content (AvgIpc) is 2.64. The molecule has 15 heavy (non-hydrogen) atoms. The number of hydrogen-bond acceptors (Lipinski definition) is 3. The van der Waals surface area contributed by atoms with Gasteiger partial charge < -0.3 is 21.0 Å². The maximum absolute atomic E-state index is 11.5. The standard InChI is InChI=1S/C9H16N4O2/c1-2-3-6(4-10)12-8(14)7-5-11-9(15)13-7/h5-6H,2-4,10H2,1H3,(H,12,14)(H2,11,13,15). The lowest BCUT2D eigenvalue weighted by atomic mass is 10.1. The van der Waals surface area contributed by atoms with Crippen LogP contribution < -0.4 is 16.7 Å². The van der Waals surface area contributed by atoms with Gasteiger partial charge in [-0.25, -0.2) is 4.79 Å². The molecule has 1 unspecified atom stereocenters. The van der Waals surface area contributed by atoms with Crippen LogP contribution in [0, 0.1) is 0 Å². The summed E-state index contributed by atoms with van der Waals surface area (Å²) in [6, 6.07) is -0.0408. The van der Waals surface area contributed by atoms with E-state index in [1.165, 1.54) is 6.20 Å². The van der Waals surface area contributed by atoms with Crippen LogP contribution in [0.2, 0.25) is 0 Å². The summed E-state index contributed by atoms with van der Waals surface area (Å²) in [6.07, 6.45) is 3.12. The summed E-state index contributed by atoms with van der Waals surface area (Å²) in [7, 11) is 0. The minimum atomic E-state index is -0.389. The monoisotopic (exact) mass is 212 g/mol. The van der Waals surface area contributed by atoms with Crippen molar-refractivity contribution < 1.29 is 4.79 Å². The van der Waals surface area contributed by atoms with Crippen molar-refractivity contribution in [1.29, 1.82) is 0 Å². The smallest absolute Gasteiger partial charge is 0.323 e. The molecule has 1 atom stereocenters. The zero-order valence-corrected chi connectivity index (χ0v) is 8.67. The second-order valence-corrected chi connectivity index (χ2v) is 3.35. The number of nitrogens with two attached hydrogens (primary N) is 1. The Labute approximate surface area is 87.3 Å². The van der Waals surface area contributed by atoms with Crippen molar-refractivity contribution in [2.75, 3.05) is 6.54 Å². The molecule has 0 aromatic carbocycles. The second-order valence-electron chi connectivity index (χ2n) is 3.35. The zero-order valence-electron chi connectivity index (χ0n) is 8.67. The van der Waals surface area contributed by atoms with Gasteiger partial charge in [0.25, 0.3) is 5.91 Å². The van der Waals surface area contributed by atoms with Crippen molar-refractivity contribution in [2.45, 2.75) is 25.8 Å². The number of carbonyl (C=O) groups is 1. The number of H-pyrrole nitrogens is 2. The first-order valence-electron chi connectivity index (χ1n) is 4.96. The molecular weight excluding hydrogens is 196 g/mol. The van der Waals surface area contributed by atoms with Crippen LogP contribution in [0.15, 0.2) is 11.0 Å². The topological polar surface area (TPSA) is 104 Å². The molecule has 0 fully saturated rings. The van der Waals surface area contributed by atoms with Gasteiger partial charge in [-0.05, 0) is 6.42 Å². The van der Waals surface area contributed by atoms with Crippen LogP contribution >= 0.6 is 0 Å². The van der Waals surface area contributed by atoms with E-state index in [2.05, 4.69) is 15.3 Å². The van der Waals surface area contributed by atoms with Gasteiger partial charge in [0.05, 0.1) is 0 Å². The Hall–Kier alpha value is -1.56. The predicted molar refractivity (Wildman–Crippen MR) is 56.6 cm³/mol. The minimum absolute atomic E-state index is 0.0408. The highest BCUT2D eigenvalue weighted by Gasteiger charge is 2.12. The molecular formula is C9H16N4O2. The Bertz CT molecular complexity index is 368. The van der Waals surface area contributed by atoms with Crippen LogP contribution in [-0.4, -0.2) is 28.5 Å². The summed E-state index contributed by atoms with van der Waals surface area (Å²) >= 11 is 0. The minimum Gasteiger partial charge on any atom is -0.347 e. The number of imidazole rings is 1. The van der Waals surface area contributed by atoms with Crippen molar-refractivity contribution in [1.82, 2.24) is 15.3 Å². The summed E-state index contributed by atoms with van der Waals surface area (Å²) in [5, 5.41) is 2.74. The molecule has 6 nitrogen and oxygen atoms in total. The normalized spacial score (nSPS) is 12.4. The predicted octanol–water partition coefficient (Wildman–Crippen LogP) is -0.440. The average molecular weight is 212 g/mol. The molecule has 6 heteroatoms. The summed E-state index contributed by atoms with van der Waals surface area (Å²) in [5.74, 6) is -0.308. The van der Waals surface area contributed by atoms with Crippen LogP contribution in [0.4, 0.5) is 0 Å². The zero-order chi connectivity index (χ0) is 11.3. The SMILES string of the molecule is CCCC(CN)NC(=O)c1c[nH]c(=O)[nH]1. The number of nitrogens with one attached hydrogen (secondary N) is 3. The van der Waals surface area contributed by atoms with Crippen LogP contribution in [-0.2, 0) is 0 Å². The van der Waals surface area contributed by atoms with Crippen molar-refractivity contribution >= 4 is 5.91 Å². The number of rotatable bonds is 5. The Morgan fingerprint density at radius 3 is 2.87 bits per heavy atom. The van der Waals surface area contributed by atoms with Crippen LogP contribution in [0.3, 0.4) is 0 Å². The molecule has 84 valence electrons. The number of hydrogen-bond donors (Lipinski definition) is 4. The van der Waals surface area contributed by atoms with Gasteiger partial charge in [0, 0.05) is 18.8 Å². The van der Waals surface area contributed by atoms with Crippen LogP contribution in [0.1, 0.15) is 30.3 Å². The lowest BCUT2D eigenvalue weighted by Crippen LogP contribution is -2.40. The first kappa shape index (κ1) is 11.5. The molecule has 1 rings (SSSR count). The highest BCUT2D eigenvalue weighted by atomic mass is 16.2. The van der Waals surface area contributed by atoms with Gasteiger partial charge in [0.2, 0.25) is 0 Å². The molecule has 1 amide bonds. The highest BCUT2D eigenvalue weighted by molar-refractivity contribution is 5.92. The second kappa shape index (κ2) is 5.35. The third-order valence-corrected chi connectivity index (χ3v) is 2.10. The summed E-state index contributed by atoms with van der Waals surface area (Å²) in [5.41, 5.74) is 5.34. The van der Waals surface area contributed by atoms with E-state index in [9.17, 15) is 9.59 Å². The van der Waals surface area contributed by atoms with Crippen molar-refractivity contribution in [3.63, 3.8) is 0 Å². The van der Waals surface area contributed by atoms with E-state index >= 15 is 0 Å². The molecule has 0 aliphatic carbocycles. The van der Waals surface area contributed by atoms with Gasteiger partial charge in [-0.2, -0.15) is 0 Å². The van der Waals surface area contributed by atoms with Gasteiger partial charge in [0.15, 0.2) is 0 Å². The van der Waals surface area contributed by atoms with Gasteiger partial charge in [-0.15, -0.1) is 0 Å².